The lowest BCUT2D eigenvalue weighted by Crippen LogP contribution is -2.27. The van der Waals surface area contributed by atoms with Crippen LogP contribution in [0.15, 0.2) is 29.2 Å². The predicted octanol–water partition coefficient (Wildman–Crippen LogP) is 3.03. The van der Waals surface area contributed by atoms with Crippen LogP contribution in [0.25, 0.3) is 0 Å². The molecule has 0 saturated heterocycles. The SMILES string of the molecule is CCCc1ccc(C(C)NS(=O)(=O)c2c(C)nn(C)c2C)cc1. The maximum Gasteiger partial charge on any atom is 0.244 e. The van der Waals surface area contributed by atoms with E-state index in [2.05, 4.69) is 28.9 Å². The molecule has 1 atom stereocenters. The molecule has 0 saturated carbocycles. The van der Waals surface area contributed by atoms with E-state index in [4.69, 9.17) is 0 Å². The van der Waals surface area contributed by atoms with Gasteiger partial charge in [0.25, 0.3) is 0 Å². The molecule has 6 heteroatoms. The van der Waals surface area contributed by atoms with E-state index in [-0.39, 0.29) is 10.9 Å². The van der Waals surface area contributed by atoms with E-state index in [0.717, 1.165) is 18.4 Å². The molecule has 23 heavy (non-hydrogen) atoms. The Morgan fingerprint density at radius 1 is 1.22 bits per heavy atom. The summed E-state index contributed by atoms with van der Waals surface area (Å²) >= 11 is 0. The topological polar surface area (TPSA) is 64.0 Å². The van der Waals surface area contributed by atoms with Gasteiger partial charge in [0.15, 0.2) is 0 Å². The minimum atomic E-state index is -3.60. The Bertz CT molecular complexity index is 777. The van der Waals surface area contributed by atoms with Crippen LogP contribution in [0.4, 0.5) is 0 Å². The molecule has 1 aromatic carbocycles. The normalized spacial score (nSPS) is 13.3. The van der Waals surface area contributed by atoms with Gasteiger partial charge in [0, 0.05) is 13.1 Å². The van der Waals surface area contributed by atoms with Gasteiger partial charge in [-0.05, 0) is 38.3 Å². The second-order valence-corrected chi connectivity index (χ2v) is 7.61. The lowest BCUT2D eigenvalue weighted by Gasteiger charge is -2.15. The van der Waals surface area contributed by atoms with Gasteiger partial charge in [0.1, 0.15) is 4.90 Å². The number of aromatic nitrogens is 2. The maximum absolute atomic E-state index is 12.7. The van der Waals surface area contributed by atoms with E-state index in [1.807, 2.05) is 19.1 Å². The molecule has 0 aliphatic rings. The molecule has 0 aliphatic heterocycles. The fraction of sp³-hybridized carbons (Fsp3) is 0.471. The molecule has 1 aromatic heterocycles. The van der Waals surface area contributed by atoms with Crippen LogP contribution in [0.2, 0.25) is 0 Å². The first-order chi connectivity index (χ1) is 10.8. The Kier molecular flexibility index (Phi) is 5.26. The van der Waals surface area contributed by atoms with Crippen LogP contribution in [0.5, 0.6) is 0 Å². The predicted molar refractivity (Wildman–Crippen MR) is 91.9 cm³/mol. The second kappa shape index (κ2) is 6.84. The lowest BCUT2D eigenvalue weighted by molar-refractivity contribution is 0.565. The molecule has 1 heterocycles. The first kappa shape index (κ1) is 17.7. The van der Waals surface area contributed by atoms with Crippen molar-refractivity contribution in [1.82, 2.24) is 14.5 Å². The van der Waals surface area contributed by atoms with Crippen molar-refractivity contribution < 1.29 is 8.42 Å². The number of nitrogens with one attached hydrogen (secondary N) is 1. The van der Waals surface area contributed by atoms with Crippen LogP contribution in [-0.2, 0) is 23.5 Å². The molecule has 126 valence electrons. The van der Waals surface area contributed by atoms with Gasteiger partial charge in [-0.3, -0.25) is 4.68 Å². The van der Waals surface area contributed by atoms with Crippen molar-refractivity contribution in [2.45, 2.75) is 51.5 Å². The second-order valence-electron chi connectivity index (χ2n) is 5.96. The third kappa shape index (κ3) is 3.82. The zero-order valence-electron chi connectivity index (χ0n) is 14.4. The molecular formula is C17H25N3O2S. The van der Waals surface area contributed by atoms with Gasteiger partial charge in [-0.2, -0.15) is 5.10 Å². The Morgan fingerprint density at radius 2 is 1.83 bits per heavy atom. The summed E-state index contributed by atoms with van der Waals surface area (Å²) in [4.78, 5) is 0.273. The molecule has 5 nitrogen and oxygen atoms in total. The summed E-state index contributed by atoms with van der Waals surface area (Å²) in [5.74, 6) is 0. The van der Waals surface area contributed by atoms with Crippen LogP contribution >= 0.6 is 0 Å². The molecule has 0 bridgehead atoms. The van der Waals surface area contributed by atoms with E-state index in [1.54, 1.807) is 25.6 Å². The molecule has 1 unspecified atom stereocenters. The van der Waals surface area contributed by atoms with Crippen molar-refractivity contribution in [1.29, 1.82) is 0 Å². The summed E-state index contributed by atoms with van der Waals surface area (Å²) in [6, 6.07) is 7.80. The highest BCUT2D eigenvalue weighted by Crippen LogP contribution is 2.22. The van der Waals surface area contributed by atoms with Crippen LogP contribution in [0, 0.1) is 13.8 Å². The number of hydrogen-bond donors (Lipinski definition) is 1. The van der Waals surface area contributed by atoms with E-state index in [0.29, 0.717) is 11.4 Å². The minimum Gasteiger partial charge on any atom is -0.271 e. The molecule has 0 aliphatic carbocycles. The zero-order valence-corrected chi connectivity index (χ0v) is 15.2. The zero-order chi connectivity index (χ0) is 17.2. The Labute approximate surface area is 138 Å². The maximum atomic E-state index is 12.7. The highest BCUT2D eigenvalue weighted by molar-refractivity contribution is 7.89. The highest BCUT2D eigenvalue weighted by Gasteiger charge is 2.25. The van der Waals surface area contributed by atoms with Gasteiger partial charge in [0.05, 0.1) is 11.4 Å². The van der Waals surface area contributed by atoms with E-state index in [9.17, 15) is 8.42 Å². The van der Waals surface area contributed by atoms with Crippen molar-refractivity contribution in [3.63, 3.8) is 0 Å². The fourth-order valence-corrected chi connectivity index (χ4v) is 4.43. The summed E-state index contributed by atoms with van der Waals surface area (Å²) in [5.41, 5.74) is 3.38. The number of aryl methyl sites for hydroxylation is 3. The molecule has 2 aromatic rings. The lowest BCUT2D eigenvalue weighted by atomic mass is 10.0. The first-order valence-electron chi connectivity index (χ1n) is 7.87. The van der Waals surface area contributed by atoms with Gasteiger partial charge in [-0.15, -0.1) is 0 Å². The van der Waals surface area contributed by atoms with Crippen molar-refractivity contribution in [2.24, 2.45) is 7.05 Å². The highest BCUT2D eigenvalue weighted by atomic mass is 32.2. The summed E-state index contributed by atoms with van der Waals surface area (Å²) in [6.07, 6.45) is 2.13. The first-order valence-corrected chi connectivity index (χ1v) is 9.36. The number of sulfonamides is 1. The Balaban J connectivity index is 2.22. The van der Waals surface area contributed by atoms with Gasteiger partial charge in [-0.25, -0.2) is 13.1 Å². The minimum absolute atomic E-state index is 0.273. The third-order valence-electron chi connectivity index (χ3n) is 4.06. The average molecular weight is 335 g/mol. The van der Waals surface area contributed by atoms with Crippen LogP contribution in [0.1, 0.15) is 48.8 Å². The van der Waals surface area contributed by atoms with E-state index in [1.165, 1.54) is 5.56 Å². The molecule has 0 fully saturated rings. The van der Waals surface area contributed by atoms with Gasteiger partial charge in [-0.1, -0.05) is 37.6 Å². The summed E-state index contributed by atoms with van der Waals surface area (Å²) in [6.45, 7) is 7.47. The summed E-state index contributed by atoms with van der Waals surface area (Å²) in [7, 11) is -1.85. The smallest absolute Gasteiger partial charge is 0.244 e. The monoisotopic (exact) mass is 335 g/mol. The third-order valence-corrected chi connectivity index (χ3v) is 5.85. The van der Waals surface area contributed by atoms with E-state index >= 15 is 0 Å². The Hall–Kier alpha value is -1.66. The molecular weight excluding hydrogens is 310 g/mol. The van der Waals surface area contributed by atoms with Crippen LogP contribution < -0.4 is 4.72 Å². The molecule has 0 amide bonds. The van der Waals surface area contributed by atoms with Crippen molar-refractivity contribution in [3.05, 3.63) is 46.8 Å². The number of benzene rings is 1. The van der Waals surface area contributed by atoms with Gasteiger partial charge < -0.3 is 0 Å². The Morgan fingerprint density at radius 3 is 2.30 bits per heavy atom. The largest absolute Gasteiger partial charge is 0.271 e. The van der Waals surface area contributed by atoms with E-state index < -0.39 is 10.0 Å². The molecule has 2 rings (SSSR count). The standard InChI is InChI=1S/C17H25N3O2S/c1-6-7-15-8-10-16(11-9-15)12(2)19-23(21,22)17-13(3)18-20(5)14(17)4/h8-12,19H,6-7H2,1-5H3. The molecule has 0 spiro atoms. The fourth-order valence-electron chi connectivity index (χ4n) is 2.76. The van der Waals surface area contributed by atoms with Crippen LogP contribution in [0.3, 0.4) is 0 Å². The quantitative estimate of drug-likeness (QED) is 0.882. The average Bonchev–Trinajstić information content (AvgIpc) is 2.73. The van der Waals surface area contributed by atoms with Crippen molar-refractivity contribution in [2.75, 3.05) is 0 Å². The molecule has 0 radical (unpaired) electrons. The summed E-state index contributed by atoms with van der Waals surface area (Å²) in [5, 5.41) is 4.19. The molecule has 1 N–H and O–H groups in total. The number of nitrogens with zero attached hydrogens (tertiary/aromatic N) is 2. The van der Waals surface area contributed by atoms with Crippen molar-refractivity contribution in [3.8, 4) is 0 Å². The number of rotatable bonds is 6. The van der Waals surface area contributed by atoms with Gasteiger partial charge in [0.2, 0.25) is 10.0 Å². The summed E-state index contributed by atoms with van der Waals surface area (Å²) < 4.78 is 29.7. The van der Waals surface area contributed by atoms with Crippen LogP contribution in [-0.4, -0.2) is 18.2 Å². The number of hydrogen-bond acceptors (Lipinski definition) is 3. The van der Waals surface area contributed by atoms with Crippen molar-refractivity contribution >= 4 is 10.0 Å². The van der Waals surface area contributed by atoms with Gasteiger partial charge >= 0.3 is 0 Å².